The summed E-state index contributed by atoms with van der Waals surface area (Å²) in [7, 11) is 0. The fraction of sp³-hybridized carbons (Fsp3) is 0.222. The monoisotopic (exact) mass is 512 g/mol. The molecule has 2 aromatic heterocycles. The fourth-order valence-electron chi connectivity index (χ4n) is 4.39. The molecule has 0 unspecified atom stereocenters. The first-order valence-corrected chi connectivity index (χ1v) is 11.6. The molecule has 2 heterocycles. The largest absolute Gasteiger partial charge is 0.416 e. The van der Waals surface area contributed by atoms with E-state index in [9.17, 15) is 26.7 Å². The molecule has 0 bridgehead atoms. The number of hydrogen-bond donors (Lipinski definition) is 0. The zero-order chi connectivity index (χ0) is 26.2. The van der Waals surface area contributed by atoms with Crippen molar-refractivity contribution in [1.29, 1.82) is 0 Å². The van der Waals surface area contributed by atoms with E-state index in [1.54, 1.807) is 24.3 Å². The summed E-state index contributed by atoms with van der Waals surface area (Å²) in [5, 5.41) is 0. The molecule has 0 aliphatic rings. The van der Waals surface area contributed by atoms with E-state index in [2.05, 4.69) is 9.97 Å². The number of aromatic nitrogens is 4. The first-order valence-electron chi connectivity index (χ1n) is 11.6. The molecule has 3 aromatic carbocycles. The SMILES string of the molecule is O=c1cnc2ccc(-c3ccc(C(F)(F)F)cc3)cc2n1Cc1nc2cc(F)ccc2n1CCCCF. The Bertz CT molecular complexity index is 1640. The van der Waals surface area contributed by atoms with E-state index < -0.39 is 29.8 Å². The summed E-state index contributed by atoms with van der Waals surface area (Å²) in [6.07, 6.45) is -2.36. The van der Waals surface area contributed by atoms with Crippen molar-refractivity contribution in [3.05, 3.63) is 94.4 Å². The minimum absolute atomic E-state index is 0.0419. The quantitative estimate of drug-likeness (QED) is 0.188. The van der Waals surface area contributed by atoms with Crippen LogP contribution in [0.1, 0.15) is 24.2 Å². The zero-order valence-corrected chi connectivity index (χ0v) is 19.5. The number of hydrogen-bond acceptors (Lipinski definition) is 3. The Morgan fingerprint density at radius 3 is 2.30 bits per heavy atom. The van der Waals surface area contributed by atoms with Gasteiger partial charge in [0.05, 0.1) is 47.0 Å². The topological polar surface area (TPSA) is 52.7 Å². The van der Waals surface area contributed by atoms with Crippen LogP contribution in [0.2, 0.25) is 0 Å². The predicted octanol–water partition coefficient (Wildman–Crippen LogP) is 6.37. The van der Waals surface area contributed by atoms with Crippen LogP contribution in [-0.4, -0.2) is 25.8 Å². The molecule has 0 radical (unpaired) electrons. The van der Waals surface area contributed by atoms with Gasteiger partial charge in [-0.25, -0.2) is 14.4 Å². The van der Waals surface area contributed by atoms with Crippen LogP contribution in [0, 0.1) is 5.82 Å². The smallest absolute Gasteiger partial charge is 0.326 e. The Kier molecular flexibility index (Phi) is 6.49. The number of benzene rings is 3. The number of unbranched alkanes of at least 4 members (excludes halogenated alkanes) is 1. The third-order valence-electron chi connectivity index (χ3n) is 6.25. The second kappa shape index (κ2) is 9.76. The summed E-state index contributed by atoms with van der Waals surface area (Å²) in [6, 6.07) is 14.1. The van der Waals surface area contributed by atoms with Gasteiger partial charge in [0.25, 0.3) is 5.56 Å². The van der Waals surface area contributed by atoms with E-state index >= 15 is 0 Å². The highest BCUT2D eigenvalue weighted by Gasteiger charge is 2.30. The van der Waals surface area contributed by atoms with Crippen LogP contribution in [-0.2, 0) is 19.3 Å². The van der Waals surface area contributed by atoms with Gasteiger partial charge in [0, 0.05) is 12.6 Å². The van der Waals surface area contributed by atoms with E-state index in [0.717, 1.165) is 12.1 Å². The van der Waals surface area contributed by atoms with Crippen LogP contribution in [0.4, 0.5) is 22.0 Å². The fourth-order valence-corrected chi connectivity index (χ4v) is 4.39. The summed E-state index contributed by atoms with van der Waals surface area (Å²) in [6.45, 7) is 0.0218. The van der Waals surface area contributed by atoms with Crippen LogP contribution >= 0.6 is 0 Å². The predicted molar refractivity (Wildman–Crippen MR) is 130 cm³/mol. The highest BCUT2D eigenvalue weighted by atomic mass is 19.4. The van der Waals surface area contributed by atoms with E-state index in [1.165, 1.54) is 35.0 Å². The van der Waals surface area contributed by atoms with Crippen molar-refractivity contribution >= 4 is 22.1 Å². The number of rotatable bonds is 7. The summed E-state index contributed by atoms with van der Waals surface area (Å²) < 4.78 is 68.8. The van der Waals surface area contributed by atoms with Crippen LogP contribution in [0.25, 0.3) is 33.2 Å². The zero-order valence-electron chi connectivity index (χ0n) is 19.5. The van der Waals surface area contributed by atoms with E-state index in [1.807, 2.05) is 4.57 Å². The van der Waals surface area contributed by atoms with Crippen molar-refractivity contribution in [3.8, 4) is 11.1 Å². The molecule has 5 aromatic rings. The number of alkyl halides is 4. The van der Waals surface area contributed by atoms with Crippen LogP contribution in [0.15, 0.2) is 71.7 Å². The molecule has 10 heteroatoms. The molecule has 0 aliphatic carbocycles. The first kappa shape index (κ1) is 24.6. The molecule has 0 amide bonds. The van der Waals surface area contributed by atoms with Gasteiger partial charge in [-0.1, -0.05) is 18.2 Å². The van der Waals surface area contributed by atoms with Crippen LogP contribution in [0.3, 0.4) is 0 Å². The van der Waals surface area contributed by atoms with Crippen molar-refractivity contribution in [2.45, 2.75) is 32.1 Å². The van der Waals surface area contributed by atoms with E-state index in [0.29, 0.717) is 58.4 Å². The normalized spacial score (nSPS) is 12.0. The maximum absolute atomic E-state index is 13.9. The second-order valence-electron chi connectivity index (χ2n) is 8.67. The van der Waals surface area contributed by atoms with Gasteiger partial charge in [0.1, 0.15) is 11.6 Å². The lowest BCUT2D eigenvalue weighted by Crippen LogP contribution is -2.23. The van der Waals surface area contributed by atoms with Crippen molar-refractivity contribution in [3.63, 3.8) is 0 Å². The Balaban J connectivity index is 1.59. The van der Waals surface area contributed by atoms with Crippen LogP contribution in [0.5, 0.6) is 0 Å². The van der Waals surface area contributed by atoms with Gasteiger partial charge in [-0.05, 0) is 60.4 Å². The molecule has 37 heavy (non-hydrogen) atoms. The Morgan fingerprint density at radius 1 is 0.811 bits per heavy atom. The lowest BCUT2D eigenvalue weighted by atomic mass is 10.0. The first-order chi connectivity index (χ1) is 17.7. The van der Waals surface area contributed by atoms with Gasteiger partial charge in [-0.2, -0.15) is 13.2 Å². The summed E-state index contributed by atoms with van der Waals surface area (Å²) in [5.41, 5.74) is 2.09. The minimum atomic E-state index is -4.44. The molecule has 0 atom stereocenters. The molecule has 0 N–H and O–H groups in total. The van der Waals surface area contributed by atoms with Gasteiger partial charge in [-0.15, -0.1) is 0 Å². The number of nitrogens with zero attached hydrogens (tertiary/aromatic N) is 4. The average Bonchev–Trinajstić information content (AvgIpc) is 3.21. The van der Waals surface area contributed by atoms with E-state index in [4.69, 9.17) is 0 Å². The Labute approximate surface area is 207 Å². The van der Waals surface area contributed by atoms with Crippen LogP contribution < -0.4 is 5.56 Å². The number of halogens is 5. The lowest BCUT2D eigenvalue weighted by molar-refractivity contribution is -0.137. The van der Waals surface area contributed by atoms with Gasteiger partial charge in [-0.3, -0.25) is 13.8 Å². The molecule has 5 rings (SSSR count). The maximum Gasteiger partial charge on any atom is 0.416 e. The Hall–Kier alpha value is -4.08. The maximum atomic E-state index is 13.9. The summed E-state index contributed by atoms with van der Waals surface area (Å²) in [5.74, 6) is 0.0501. The molecule has 5 nitrogen and oxygen atoms in total. The minimum Gasteiger partial charge on any atom is -0.326 e. The molecule has 190 valence electrons. The van der Waals surface area contributed by atoms with Crippen molar-refractivity contribution < 1.29 is 22.0 Å². The number of fused-ring (bicyclic) bond motifs is 2. The van der Waals surface area contributed by atoms with Gasteiger partial charge in [0.2, 0.25) is 0 Å². The van der Waals surface area contributed by atoms with Gasteiger partial charge < -0.3 is 4.57 Å². The molecular weight excluding hydrogens is 491 g/mol. The van der Waals surface area contributed by atoms with Gasteiger partial charge in [0.15, 0.2) is 0 Å². The molecule has 0 aliphatic heterocycles. The summed E-state index contributed by atoms with van der Waals surface area (Å²) >= 11 is 0. The highest BCUT2D eigenvalue weighted by molar-refractivity contribution is 5.82. The third-order valence-corrected chi connectivity index (χ3v) is 6.25. The molecule has 0 saturated heterocycles. The van der Waals surface area contributed by atoms with E-state index in [-0.39, 0.29) is 6.54 Å². The molecule has 0 saturated carbocycles. The highest BCUT2D eigenvalue weighted by Crippen LogP contribution is 2.31. The lowest BCUT2D eigenvalue weighted by Gasteiger charge is -2.13. The molecule has 0 fully saturated rings. The third kappa shape index (κ3) is 4.96. The average molecular weight is 512 g/mol. The summed E-state index contributed by atoms with van der Waals surface area (Å²) in [4.78, 5) is 21.7. The standard InChI is InChI=1S/C27H21F5N4O/c28-11-1-2-12-35-23-10-8-20(29)14-22(23)34-25(35)16-36-24-13-18(5-9-21(24)33-15-26(36)37)17-3-6-19(7-4-17)27(30,31)32/h3-10,13-15H,1-2,11-12,16H2. The molecular formula is C27H21F5N4O. The van der Waals surface area contributed by atoms with Crippen molar-refractivity contribution in [1.82, 2.24) is 19.1 Å². The number of imidazole rings is 1. The number of aryl methyl sites for hydroxylation is 1. The second-order valence-corrected chi connectivity index (χ2v) is 8.67. The molecule has 0 spiro atoms. The van der Waals surface area contributed by atoms with Crippen molar-refractivity contribution in [2.24, 2.45) is 0 Å². The van der Waals surface area contributed by atoms with Crippen molar-refractivity contribution in [2.75, 3.05) is 6.67 Å². The Morgan fingerprint density at radius 2 is 1.57 bits per heavy atom. The van der Waals surface area contributed by atoms with Gasteiger partial charge >= 0.3 is 6.18 Å².